The van der Waals surface area contributed by atoms with Crippen molar-refractivity contribution in [3.8, 4) is 0 Å². The zero-order valence-corrected chi connectivity index (χ0v) is 10.1. The van der Waals surface area contributed by atoms with Crippen LogP contribution in [0.4, 0.5) is 0 Å². The Balaban J connectivity index is 4.03. The second kappa shape index (κ2) is 5.61. The minimum Gasteiger partial charge on any atom is -0.312 e. The van der Waals surface area contributed by atoms with Gasteiger partial charge in [0.25, 0.3) is 0 Å². The Morgan fingerprint density at radius 1 is 1.23 bits per heavy atom. The molecule has 0 aromatic rings. The first kappa shape index (κ1) is 12.9. The second-order valence-electron chi connectivity index (χ2n) is 5.13. The Hall–Kier alpha value is -0.0800. The molecule has 0 aromatic carbocycles. The molecule has 80 valence electrons. The Bertz CT molecular complexity index is 125. The first-order valence-corrected chi connectivity index (χ1v) is 5.26. The van der Waals surface area contributed by atoms with Crippen molar-refractivity contribution in [1.82, 2.24) is 10.2 Å². The SMILES string of the molecule is CCCNC(CN(C)C)C(C)(C)C. The zero-order chi connectivity index (χ0) is 10.5. The average molecular weight is 186 g/mol. The quantitative estimate of drug-likeness (QED) is 0.706. The van der Waals surface area contributed by atoms with Gasteiger partial charge in [0.15, 0.2) is 0 Å². The molecule has 13 heavy (non-hydrogen) atoms. The van der Waals surface area contributed by atoms with E-state index in [0.29, 0.717) is 11.5 Å². The molecule has 0 heterocycles. The van der Waals surface area contributed by atoms with Crippen molar-refractivity contribution in [2.75, 3.05) is 27.2 Å². The molecule has 0 aromatic heterocycles. The monoisotopic (exact) mass is 186 g/mol. The third-order valence-corrected chi connectivity index (χ3v) is 2.23. The lowest BCUT2D eigenvalue weighted by Gasteiger charge is -2.33. The van der Waals surface area contributed by atoms with Crippen LogP contribution in [0.15, 0.2) is 0 Å². The molecular formula is C11H26N2. The van der Waals surface area contributed by atoms with Gasteiger partial charge in [-0.3, -0.25) is 0 Å². The van der Waals surface area contributed by atoms with Gasteiger partial charge in [0, 0.05) is 12.6 Å². The molecule has 0 aliphatic rings. The van der Waals surface area contributed by atoms with E-state index in [0.717, 1.165) is 13.1 Å². The fourth-order valence-electron chi connectivity index (χ4n) is 1.33. The molecule has 0 fully saturated rings. The summed E-state index contributed by atoms with van der Waals surface area (Å²) in [5, 5.41) is 3.60. The van der Waals surface area contributed by atoms with Gasteiger partial charge in [0.1, 0.15) is 0 Å². The van der Waals surface area contributed by atoms with Crippen LogP contribution >= 0.6 is 0 Å². The minimum absolute atomic E-state index is 0.347. The fourth-order valence-corrected chi connectivity index (χ4v) is 1.33. The number of hydrogen-bond donors (Lipinski definition) is 1. The van der Waals surface area contributed by atoms with Gasteiger partial charge >= 0.3 is 0 Å². The van der Waals surface area contributed by atoms with Crippen molar-refractivity contribution >= 4 is 0 Å². The summed E-state index contributed by atoms with van der Waals surface area (Å²) >= 11 is 0. The Morgan fingerprint density at radius 3 is 2.08 bits per heavy atom. The van der Waals surface area contributed by atoms with Crippen LogP contribution in [0.25, 0.3) is 0 Å². The van der Waals surface area contributed by atoms with E-state index in [1.54, 1.807) is 0 Å². The van der Waals surface area contributed by atoms with Gasteiger partial charge in [-0.1, -0.05) is 27.7 Å². The molecule has 0 rings (SSSR count). The Kier molecular flexibility index (Phi) is 5.57. The van der Waals surface area contributed by atoms with Crippen LogP contribution in [0.2, 0.25) is 0 Å². The number of likely N-dealkylation sites (N-methyl/N-ethyl adjacent to an activating group) is 1. The lowest BCUT2D eigenvalue weighted by Crippen LogP contribution is -2.47. The molecule has 0 bridgehead atoms. The van der Waals surface area contributed by atoms with Gasteiger partial charge in [-0.2, -0.15) is 0 Å². The van der Waals surface area contributed by atoms with Crippen LogP contribution in [0.5, 0.6) is 0 Å². The molecule has 0 spiro atoms. The van der Waals surface area contributed by atoms with Crippen LogP contribution in [0.1, 0.15) is 34.1 Å². The summed E-state index contributed by atoms with van der Waals surface area (Å²) in [4.78, 5) is 2.25. The normalized spacial score (nSPS) is 15.0. The van der Waals surface area contributed by atoms with Crippen LogP contribution in [-0.2, 0) is 0 Å². The van der Waals surface area contributed by atoms with Gasteiger partial charge < -0.3 is 10.2 Å². The van der Waals surface area contributed by atoms with E-state index in [-0.39, 0.29) is 0 Å². The average Bonchev–Trinajstić information content (AvgIpc) is 1.95. The summed E-state index contributed by atoms with van der Waals surface area (Å²) < 4.78 is 0. The molecule has 1 unspecified atom stereocenters. The summed E-state index contributed by atoms with van der Waals surface area (Å²) in [6.45, 7) is 11.3. The molecule has 0 aliphatic carbocycles. The van der Waals surface area contributed by atoms with Gasteiger partial charge in [0.2, 0.25) is 0 Å². The van der Waals surface area contributed by atoms with Crippen molar-refractivity contribution in [3.63, 3.8) is 0 Å². The van der Waals surface area contributed by atoms with Crippen molar-refractivity contribution in [1.29, 1.82) is 0 Å². The highest BCUT2D eigenvalue weighted by Gasteiger charge is 2.23. The lowest BCUT2D eigenvalue weighted by molar-refractivity contribution is 0.213. The first-order chi connectivity index (χ1) is 5.88. The van der Waals surface area contributed by atoms with E-state index in [4.69, 9.17) is 0 Å². The van der Waals surface area contributed by atoms with E-state index in [1.165, 1.54) is 6.42 Å². The summed E-state index contributed by atoms with van der Waals surface area (Å²) in [7, 11) is 4.26. The molecule has 0 saturated carbocycles. The van der Waals surface area contributed by atoms with Crippen molar-refractivity contribution in [2.24, 2.45) is 5.41 Å². The molecule has 1 atom stereocenters. The van der Waals surface area contributed by atoms with Gasteiger partial charge in [0.05, 0.1) is 0 Å². The fraction of sp³-hybridized carbons (Fsp3) is 1.00. The van der Waals surface area contributed by atoms with Crippen LogP contribution in [0.3, 0.4) is 0 Å². The van der Waals surface area contributed by atoms with E-state index >= 15 is 0 Å². The largest absolute Gasteiger partial charge is 0.312 e. The molecule has 0 saturated heterocycles. The Labute approximate surface area is 83.7 Å². The molecule has 0 radical (unpaired) electrons. The van der Waals surface area contributed by atoms with Crippen molar-refractivity contribution in [3.05, 3.63) is 0 Å². The number of rotatable bonds is 5. The summed E-state index contributed by atoms with van der Waals surface area (Å²) in [6.07, 6.45) is 1.21. The highest BCUT2D eigenvalue weighted by molar-refractivity contribution is 4.82. The van der Waals surface area contributed by atoms with Gasteiger partial charge in [-0.15, -0.1) is 0 Å². The maximum Gasteiger partial charge on any atom is 0.0243 e. The minimum atomic E-state index is 0.347. The molecule has 2 heteroatoms. The summed E-state index contributed by atoms with van der Waals surface area (Å²) in [6, 6.07) is 0.586. The number of hydrogen-bond acceptors (Lipinski definition) is 2. The molecule has 1 N–H and O–H groups in total. The van der Waals surface area contributed by atoms with E-state index in [2.05, 4.69) is 52.0 Å². The van der Waals surface area contributed by atoms with Gasteiger partial charge in [-0.05, 0) is 32.5 Å². The van der Waals surface area contributed by atoms with Crippen molar-refractivity contribution < 1.29 is 0 Å². The highest BCUT2D eigenvalue weighted by Crippen LogP contribution is 2.19. The Morgan fingerprint density at radius 2 is 1.77 bits per heavy atom. The van der Waals surface area contributed by atoms with Crippen LogP contribution in [0, 0.1) is 5.41 Å². The summed E-state index contributed by atoms with van der Waals surface area (Å²) in [5.74, 6) is 0. The third kappa shape index (κ3) is 6.05. The maximum absolute atomic E-state index is 3.60. The molecular weight excluding hydrogens is 160 g/mol. The third-order valence-electron chi connectivity index (χ3n) is 2.23. The number of nitrogens with zero attached hydrogens (tertiary/aromatic N) is 1. The predicted molar refractivity (Wildman–Crippen MR) is 60.1 cm³/mol. The smallest absolute Gasteiger partial charge is 0.0243 e. The summed E-state index contributed by atoms with van der Waals surface area (Å²) in [5.41, 5.74) is 0.347. The number of nitrogens with one attached hydrogen (secondary N) is 1. The zero-order valence-electron chi connectivity index (χ0n) is 10.1. The molecule has 0 aliphatic heterocycles. The standard InChI is InChI=1S/C11H26N2/c1-7-8-12-10(9-13(5)6)11(2,3)4/h10,12H,7-9H2,1-6H3. The van der Waals surface area contributed by atoms with Crippen LogP contribution in [-0.4, -0.2) is 38.1 Å². The van der Waals surface area contributed by atoms with E-state index < -0.39 is 0 Å². The molecule has 2 nitrogen and oxygen atoms in total. The topological polar surface area (TPSA) is 15.3 Å². The van der Waals surface area contributed by atoms with Crippen molar-refractivity contribution in [2.45, 2.75) is 40.2 Å². The first-order valence-electron chi connectivity index (χ1n) is 5.26. The van der Waals surface area contributed by atoms with Crippen LogP contribution < -0.4 is 5.32 Å². The lowest BCUT2D eigenvalue weighted by atomic mass is 9.86. The maximum atomic E-state index is 3.60. The van der Waals surface area contributed by atoms with E-state index in [1.807, 2.05) is 0 Å². The highest BCUT2D eigenvalue weighted by atomic mass is 15.1. The van der Waals surface area contributed by atoms with E-state index in [9.17, 15) is 0 Å². The second-order valence-corrected chi connectivity index (χ2v) is 5.13. The molecule has 0 amide bonds. The predicted octanol–water partition coefficient (Wildman–Crippen LogP) is 1.96. The van der Waals surface area contributed by atoms with Gasteiger partial charge in [-0.25, -0.2) is 0 Å².